The van der Waals surface area contributed by atoms with Crippen LogP contribution >= 0.6 is 15.9 Å². The van der Waals surface area contributed by atoms with E-state index in [-0.39, 0.29) is 0 Å². The van der Waals surface area contributed by atoms with Gasteiger partial charge in [0.15, 0.2) is 0 Å². The van der Waals surface area contributed by atoms with Crippen molar-refractivity contribution in [1.82, 2.24) is 0 Å². The summed E-state index contributed by atoms with van der Waals surface area (Å²) in [5.74, 6) is 0. The maximum absolute atomic E-state index is 3.66. The highest BCUT2D eigenvalue weighted by atomic mass is 79.9. The number of hydrogen-bond acceptors (Lipinski definition) is 1. The number of para-hydroxylation sites is 1. The van der Waals surface area contributed by atoms with Crippen LogP contribution in [0.5, 0.6) is 0 Å². The third-order valence-electron chi connectivity index (χ3n) is 3.60. The van der Waals surface area contributed by atoms with Crippen LogP contribution in [0.3, 0.4) is 0 Å². The molecule has 0 saturated heterocycles. The Morgan fingerprint density at radius 3 is 2.50 bits per heavy atom. The van der Waals surface area contributed by atoms with Crippen LogP contribution < -0.4 is 4.90 Å². The van der Waals surface area contributed by atoms with Crippen molar-refractivity contribution in [2.24, 2.45) is 5.41 Å². The van der Waals surface area contributed by atoms with Gasteiger partial charge in [-0.2, -0.15) is 0 Å². The van der Waals surface area contributed by atoms with Gasteiger partial charge in [0.25, 0.3) is 0 Å². The predicted molar refractivity (Wildman–Crippen MR) is 74.5 cm³/mol. The smallest absolute Gasteiger partial charge is 0.0396 e. The van der Waals surface area contributed by atoms with E-state index in [1.165, 1.54) is 30.6 Å². The number of halogens is 1. The second-order valence-corrected chi connectivity index (χ2v) is 5.50. The predicted octanol–water partition coefficient (Wildman–Crippen LogP) is 4.00. The molecule has 1 fully saturated rings. The van der Waals surface area contributed by atoms with Gasteiger partial charge in [0, 0.05) is 24.1 Å². The lowest BCUT2D eigenvalue weighted by atomic mass is 10.1. The van der Waals surface area contributed by atoms with Gasteiger partial charge in [-0.05, 0) is 43.7 Å². The summed E-state index contributed by atoms with van der Waals surface area (Å²) in [6.07, 6.45) is 2.75. The van der Waals surface area contributed by atoms with Crippen molar-refractivity contribution >= 4 is 21.6 Å². The highest BCUT2D eigenvalue weighted by Crippen LogP contribution is 2.48. The van der Waals surface area contributed by atoms with E-state index in [2.05, 4.69) is 58.9 Å². The molecule has 1 aromatic rings. The normalized spacial score (nSPS) is 17.2. The van der Waals surface area contributed by atoms with Gasteiger partial charge in [-0.1, -0.05) is 34.1 Å². The molecule has 2 rings (SSSR count). The highest BCUT2D eigenvalue weighted by Gasteiger charge is 2.42. The fourth-order valence-corrected chi connectivity index (χ4v) is 2.94. The van der Waals surface area contributed by atoms with Crippen molar-refractivity contribution in [3.8, 4) is 0 Å². The van der Waals surface area contributed by atoms with E-state index in [4.69, 9.17) is 0 Å². The first-order valence-corrected chi connectivity index (χ1v) is 7.19. The van der Waals surface area contributed by atoms with Crippen molar-refractivity contribution in [1.29, 1.82) is 0 Å². The third kappa shape index (κ3) is 2.42. The van der Waals surface area contributed by atoms with Gasteiger partial charge < -0.3 is 4.90 Å². The molecule has 1 nitrogen and oxygen atoms in total. The minimum atomic E-state index is 0.554. The summed E-state index contributed by atoms with van der Waals surface area (Å²) in [6, 6.07) is 8.69. The first-order valence-electron chi connectivity index (χ1n) is 6.07. The Morgan fingerprint density at radius 2 is 2.00 bits per heavy atom. The SMILES string of the molecule is CCN(CC1(CBr)CC1)c1ccccc1C. The van der Waals surface area contributed by atoms with Crippen molar-refractivity contribution in [3.63, 3.8) is 0 Å². The van der Waals surface area contributed by atoms with Gasteiger partial charge in [-0.15, -0.1) is 0 Å². The van der Waals surface area contributed by atoms with E-state index in [1.807, 2.05) is 0 Å². The fraction of sp³-hybridized carbons (Fsp3) is 0.571. The lowest BCUT2D eigenvalue weighted by molar-refractivity contribution is 0.567. The summed E-state index contributed by atoms with van der Waals surface area (Å²) in [7, 11) is 0. The van der Waals surface area contributed by atoms with E-state index in [0.29, 0.717) is 5.41 Å². The fourth-order valence-electron chi connectivity index (χ4n) is 2.20. The molecule has 16 heavy (non-hydrogen) atoms. The molecule has 1 aliphatic rings. The number of hydrogen-bond donors (Lipinski definition) is 0. The number of rotatable bonds is 5. The van der Waals surface area contributed by atoms with E-state index in [0.717, 1.165) is 11.9 Å². The first-order chi connectivity index (χ1) is 7.71. The summed E-state index contributed by atoms with van der Waals surface area (Å²) >= 11 is 3.66. The monoisotopic (exact) mass is 281 g/mol. The zero-order valence-corrected chi connectivity index (χ0v) is 11.8. The molecule has 0 bridgehead atoms. The van der Waals surface area contributed by atoms with Crippen LogP contribution in [-0.2, 0) is 0 Å². The van der Waals surface area contributed by atoms with Gasteiger partial charge in [-0.25, -0.2) is 0 Å². The summed E-state index contributed by atoms with van der Waals surface area (Å²) in [6.45, 7) is 6.74. The molecule has 0 aromatic heterocycles. The largest absolute Gasteiger partial charge is 0.371 e. The second-order valence-electron chi connectivity index (χ2n) is 4.93. The van der Waals surface area contributed by atoms with Crippen LogP contribution in [0, 0.1) is 12.3 Å². The second kappa shape index (κ2) is 4.79. The van der Waals surface area contributed by atoms with E-state index >= 15 is 0 Å². The van der Waals surface area contributed by atoms with Crippen LogP contribution in [0.1, 0.15) is 25.3 Å². The molecule has 1 aromatic carbocycles. The molecule has 1 aliphatic carbocycles. The van der Waals surface area contributed by atoms with Crippen LogP contribution in [0.2, 0.25) is 0 Å². The van der Waals surface area contributed by atoms with Crippen molar-refractivity contribution in [2.75, 3.05) is 23.3 Å². The zero-order chi connectivity index (χ0) is 11.6. The molecule has 2 heteroatoms. The average molecular weight is 282 g/mol. The molecule has 0 aliphatic heterocycles. The van der Waals surface area contributed by atoms with E-state index in [9.17, 15) is 0 Å². The summed E-state index contributed by atoms with van der Waals surface area (Å²) in [5.41, 5.74) is 3.34. The summed E-state index contributed by atoms with van der Waals surface area (Å²) in [5, 5.41) is 1.14. The molecule has 0 atom stereocenters. The molecule has 88 valence electrons. The Bertz CT molecular complexity index is 358. The maximum atomic E-state index is 3.66. The topological polar surface area (TPSA) is 3.24 Å². The Morgan fingerprint density at radius 1 is 1.31 bits per heavy atom. The molecule has 0 heterocycles. The minimum Gasteiger partial charge on any atom is -0.371 e. The van der Waals surface area contributed by atoms with Crippen LogP contribution in [-0.4, -0.2) is 18.4 Å². The number of anilines is 1. The quantitative estimate of drug-likeness (QED) is 0.738. The highest BCUT2D eigenvalue weighted by molar-refractivity contribution is 9.09. The summed E-state index contributed by atoms with van der Waals surface area (Å²) < 4.78 is 0. The van der Waals surface area contributed by atoms with Gasteiger partial charge in [0.1, 0.15) is 0 Å². The molecular formula is C14H20BrN. The average Bonchev–Trinajstić information content (AvgIpc) is 3.08. The molecule has 0 amide bonds. The Balaban J connectivity index is 2.14. The number of alkyl halides is 1. The number of nitrogens with zero attached hydrogens (tertiary/aromatic N) is 1. The molecule has 0 spiro atoms. The summed E-state index contributed by atoms with van der Waals surface area (Å²) in [4.78, 5) is 2.52. The van der Waals surface area contributed by atoms with Crippen LogP contribution in [0.15, 0.2) is 24.3 Å². The standard InChI is InChI=1S/C14H20BrN/c1-3-16(11-14(10-15)8-9-14)13-7-5-4-6-12(13)2/h4-7H,3,8-11H2,1-2H3. The minimum absolute atomic E-state index is 0.554. The molecule has 0 radical (unpaired) electrons. The van der Waals surface area contributed by atoms with Crippen molar-refractivity contribution in [2.45, 2.75) is 26.7 Å². The molecule has 0 N–H and O–H groups in total. The molecule has 0 unspecified atom stereocenters. The van der Waals surface area contributed by atoms with E-state index in [1.54, 1.807) is 0 Å². The lowest BCUT2D eigenvalue weighted by Crippen LogP contribution is -2.31. The van der Waals surface area contributed by atoms with Crippen LogP contribution in [0.25, 0.3) is 0 Å². The van der Waals surface area contributed by atoms with Crippen molar-refractivity contribution in [3.05, 3.63) is 29.8 Å². The lowest BCUT2D eigenvalue weighted by Gasteiger charge is -2.28. The van der Waals surface area contributed by atoms with Gasteiger partial charge in [0.05, 0.1) is 0 Å². The molecule has 1 saturated carbocycles. The Hall–Kier alpha value is -0.500. The van der Waals surface area contributed by atoms with E-state index < -0.39 is 0 Å². The first kappa shape index (κ1) is 12.0. The zero-order valence-electron chi connectivity index (χ0n) is 10.2. The van der Waals surface area contributed by atoms with Crippen LogP contribution in [0.4, 0.5) is 5.69 Å². The van der Waals surface area contributed by atoms with Gasteiger partial charge >= 0.3 is 0 Å². The third-order valence-corrected chi connectivity index (χ3v) is 4.79. The Kier molecular flexibility index (Phi) is 3.58. The van der Waals surface area contributed by atoms with Gasteiger partial charge in [-0.3, -0.25) is 0 Å². The number of benzene rings is 1. The number of aryl methyl sites for hydroxylation is 1. The Labute approximate surface area is 107 Å². The van der Waals surface area contributed by atoms with Gasteiger partial charge in [0.2, 0.25) is 0 Å². The molecular weight excluding hydrogens is 262 g/mol. The van der Waals surface area contributed by atoms with Crippen molar-refractivity contribution < 1.29 is 0 Å². The maximum Gasteiger partial charge on any atom is 0.0396 e.